The van der Waals surface area contributed by atoms with E-state index in [-0.39, 0.29) is 11.1 Å². The van der Waals surface area contributed by atoms with Crippen molar-refractivity contribution in [2.45, 2.75) is 19.1 Å². The van der Waals surface area contributed by atoms with Gasteiger partial charge >= 0.3 is 0 Å². The molecule has 0 saturated carbocycles. The van der Waals surface area contributed by atoms with Crippen molar-refractivity contribution in [1.82, 2.24) is 5.32 Å². The number of ether oxygens (including phenoxy) is 1. The molecular weight excluding hydrogens is 217 g/mol. The highest BCUT2D eigenvalue weighted by molar-refractivity contribution is 6.30. The molecule has 2 nitrogen and oxygen atoms in total. The van der Waals surface area contributed by atoms with E-state index in [1.165, 1.54) is 6.07 Å². The van der Waals surface area contributed by atoms with Crippen LogP contribution in [0.1, 0.15) is 18.6 Å². The van der Waals surface area contributed by atoms with Crippen molar-refractivity contribution in [3.8, 4) is 0 Å². The normalized spacial score (nSPS) is 26.6. The summed E-state index contributed by atoms with van der Waals surface area (Å²) in [6, 6.07) is 5.08. The Labute approximate surface area is 93.4 Å². The summed E-state index contributed by atoms with van der Waals surface area (Å²) in [6.45, 7) is 3.47. The van der Waals surface area contributed by atoms with Gasteiger partial charge in [0, 0.05) is 12.6 Å². The van der Waals surface area contributed by atoms with Gasteiger partial charge in [-0.25, -0.2) is 4.39 Å². The number of rotatable bonds is 1. The standard InChI is InChI=1S/C11H13ClFNO/c1-7-6-15-11(5-14-7)8-2-3-10(13)9(12)4-8/h2-4,7,11,14H,5-6H2,1H3. The summed E-state index contributed by atoms with van der Waals surface area (Å²) >= 11 is 5.71. The van der Waals surface area contributed by atoms with Crippen molar-refractivity contribution >= 4 is 11.6 Å². The third-order valence-electron chi connectivity index (χ3n) is 2.51. The van der Waals surface area contributed by atoms with Gasteiger partial charge in [-0.2, -0.15) is 0 Å². The molecule has 2 rings (SSSR count). The zero-order valence-corrected chi connectivity index (χ0v) is 9.22. The predicted molar refractivity (Wildman–Crippen MR) is 57.6 cm³/mol. The van der Waals surface area contributed by atoms with E-state index in [1.54, 1.807) is 12.1 Å². The molecule has 0 aliphatic carbocycles. The van der Waals surface area contributed by atoms with Gasteiger partial charge in [-0.15, -0.1) is 0 Å². The van der Waals surface area contributed by atoms with Gasteiger partial charge in [0.05, 0.1) is 17.7 Å². The minimum Gasteiger partial charge on any atom is -0.371 e. The topological polar surface area (TPSA) is 21.3 Å². The molecule has 82 valence electrons. The van der Waals surface area contributed by atoms with E-state index in [1.807, 2.05) is 0 Å². The summed E-state index contributed by atoms with van der Waals surface area (Å²) in [7, 11) is 0. The monoisotopic (exact) mass is 229 g/mol. The molecule has 15 heavy (non-hydrogen) atoms. The van der Waals surface area contributed by atoms with Gasteiger partial charge in [0.1, 0.15) is 5.82 Å². The van der Waals surface area contributed by atoms with Gasteiger partial charge in [-0.1, -0.05) is 17.7 Å². The van der Waals surface area contributed by atoms with Crippen LogP contribution in [-0.4, -0.2) is 19.2 Å². The lowest BCUT2D eigenvalue weighted by atomic mass is 10.1. The number of nitrogens with one attached hydrogen (secondary N) is 1. The molecule has 1 saturated heterocycles. The maximum atomic E-state index is 12.9. The Morgan fingerprint density at radius 3 is 2.93 bits per heavy atom. The first-order valence-electron chi connectivity index (χ1n) is 4.97. The summed E-state index contributed by atoms with van der Waals surface area (Å²) < 4.78 is 18.6. The Bertz CT molecular complexity index is 350. The fourth-order valence-corrected chi connectivity index (χ4v) is 1.80. The Morgan fingerprint density at radius 1 is 1.53 bits per heavy atom. The van der Waals surface area contributed by atoms with Gasteiger partial charge in [-0.3, -0.25) is 0 Å². The highest BCUT2D eigenvalue weighted by Crippen LogP contribution is 2.24. The second kappa shape index (κ2) is 4.47. The van der Waals surface area contributed by atoms with E-state index < -0.39 is 5.82 Å². The summed E-state index contributed by atoms with van der Waals surface area (Å²) in [6.07, 6.45) is -0.0284. The maximum Gasteiger partial charge on any atom is 0.141 e. The number of morpholine rings is 1. The van der Waals surface area contributed by atoms with Crippen molar-refractivity contribution in [2.75, 3.05) is 13.2 Å². The summed E-state index contributed by atoms with van der Waals surface area (Å²) in [5.41, 5.74) is 0.917. The third-order valence-corrected chi connectivity index (χ3v) is 2.80. The number of hydrogen-bond acceptors (Lipinski definition) is 2. The van der Waals surface area contributed by atoms with Gasteiger partial charge in [0.2, 0.25) is 0 Å². The van der Waals surface area contributed by atoms with Crippen LogP contribution in [0, 0.1) is 5.82 Å². The van der Waals surface area contributed by atoms with Crippen LogP contribution in [0.25, 0.3) is 0 Å². The molecule has 1 heterocycles. The van der Waals surface area contributed by atoms with Crippen LogP contribution < -0.4 is 5.32 Å². The van der Waals surface area contributed by atoms with Gasteiger partial charge in [-0.05, 0) is 24.6 Å². The van der Waals surface area contributed by atoms with Gasteiger partial charge < -0.3 is 10.1 Å². The Kier molecular flexibility index (Phi) is 3.24. The van der Waals surface area contributed by atoms with E-state index in [4.69, 9.17) is 16.3 Å². The quantitative estimate of drug-likeness (QED) is 0.799. The molecule has 2 unspecified atom stereocenters. The van der Waals surface area contributed by atoms with E-state index in [0.717, 1.165) is 12.1 Å². The fourth-order valence-electron chi connectivity index (χ4n) is 1.61. The van der Waals surface area contributed by atoms with Crippen LogP contribution in [-0.2, 0) is 4.74 Å². The van der Waals surface area contributed by atoms with Crippen LogP contribution in [0.2, 0.25) is 5.02 Å². The molecule has 1 aliphatic rings. The largest absolute Gasteiger partial charge is 0.371 e. The second-order valence-electron chi connectivity index (χ2n) is 3.80. The van der Waals surface area contributed by atoms with E-state index in [9.17, 15) is 4.39 Å². The molecular formula is C11H13ClFNO. The van der Waals surface area contributed by atoms with E-state index in [0.29, 0.717) is 12.6 Å². The van der Waals surface area contributed by atoms with Crippen LogP contribution in [0.3, 0.4) is 0 Å². The zero-order chi connectivity index (χ0) is 10.8. The SMILES string of the molecule is CC1COC(c2ccc(F)c(Cl)c2)CN1. The summed E-state index contributed by atoms with van der Waals surface area (Å²) in [5, 5.41) is 3.45. The second-order valence-corrected chi connectivity index (χ2v) is 4.21. The molecule has 1 aromatic carbocycles. The first-order valence-corrected chi connectivity index (χ1v) is 5.34. The van der Waals surface area contributed by atoms with Crippen molar-refractivity contribution in [1.29, 1.82) is 0 Å². The molecule has 1 aliphatic heterocycles. The lowest BCUT2D eigenvalue weighted by Gasteiger charge is -2.28. The summed E-state index contributed by atoms with van der Waals surface area (Å²) in [5.74, 6) is -0.391. The number of benzene rings is 1. The van der Waals surface area contributed by atoms with Crippen LogP contribution in [0.4, 0.5) is 4.39 Å². The lowest BCUT2D eigenvalue weighted by Crippen LogP contribution is -2.40. The zero-order valence-electron chi connectivity index (χ0n) is 8.47. The highest BCUT2D eigenvalue weighted by atomic mass is 35.5. The Morgan fingerprint density at radius 2 is 2.33 bits per heavy atom. The maximum absolute atomic E-state index is 12.9. The minimum atomic E-state index is -0.391. The molecule has 0 radical (unpaired) electrons. The van der Waals surface area contributed by atoms with Crippen LogP contribution in [0.15, 0.2) is 18.2 Å². The minimum absolute atomic E-state index is 0.0284. The average Bonchev–Trinajstić information content (AvgIpc) is 2.23. The fraction of sp³-hybridized carbons (Fsp3) is 0.455. The Balaban J connectivity index is 2.12. The van der Waals surface area contributed by atoms with Crippen LogP contribution in [0.5, 0.6) is 0 Å². The number of hydrogen-bond donors (Lipinski definition) is 1. The molecule has 1 fully saturated rings. The van der Waals surface area contributed by atoms with Crippen molar-refractivity contribution < 1.29 is 9.13 Å². The molecule has 1 N–H and O–H groups in total. The molecule has 0 amide bonds. The molecule has 4 heteroatoms. The first kappa shape index (κ1) is 10.9. The Hall–Kier alpha value is -0.640. The molecule has 2 atom stereocenters. The smallest absolute Gasteiger partial charge is 0.141 e. The van der Waals surface area contributed by atoms with Crippen molar-refractivity contribution in [2.24, 2.45) is 0 Å². The lowest BCUT2D eigenvalue weighted by molar-refractivity contribution is 0.00692. The average molecular weight is 230 g/mol. The molecule has 1 aromatic rings. The van der Waals surface area contributed by atoms with Crippen molar-refractivity contribution in [3.63, 3.8) is 0 Å². The van der Waals surface area contributed by atoms with Gasteiger partial charge in [0.25, 0.3) is 0 Å². The highest BCUT2D eigenvalue weighted by Gasteiger charge is 2.20. The number of halogens is 2. The molecule has 0 bridgehead atoms. The van der Waals surface area contributed by atoms with Crippen LogP contribution >= 0.6 is 11.6 Å². The third kappa shape index (κ3) is 2.48. The van der Waals surface area contributed by atoms with Crippen molar-refractivity contribution in [3.05, 3.63) is 34.6 Å². The molecule has 0 spiro atoms. The van der Waals surface area contributed by atoms with E-state index in [2.05, 4.69) is 12.2 Å². The summed E-state index contributed by atoms with van der Waals surface area (Å²) in [4.78, 5) is 0. The molecule has 0 aromatic heterocycles. The predicted octanol–water partition coefficient (Wildman–Crippen LogP) is 2.53. The van der Waals surface area contributed by atoms with Gasteiger partial charge in [0.15, 0.2) is 0 Å². The first-order chi connectivity index (χ1) is 7.16. The van der Waals surface area contributed by atoms with E-state index >= 15 is 0 Å².